The number of ether oxygens (including phenoxy) is 2. The first kappa shape index (κ1) is 14.7. The van der Waals surface area contributed by atoms with Gasteiger partial charge < -0.3 is 15.2 Å². The Morgan fingerprint density at radius 2 is 1.62 bits per heavy atom. The molecule has 0 atom stereocenters. The van der Waals surface area contributed by atoms with Gasteiger partial charge in [-0.2, -0.15) is 0 Å². The van der Waals surface area contributed by atoms with Gasteiger partial charge >= 0.3 is 5.97 Å². The number of carbonyl (C=O) groups excluding carboxylic acids is 1. The fraction of sp³-hybridized carbons (Fsp3) is 0.118. The second kappa shape index (κ2) is 7.14. The second-order valence-electron chi connectivity index (χ2n) is 4.42. The largest absolute Gasteiger partial charge is 0.469 e. The Hall–Kier alpha value is -2.75. The quantitative estimate of drug-likeness (QED) is 0.672. The Morgan fingerprint density at radius 1 is 1.05 bits per heavy atom. The molecule has 0 fully saturated rings. The molecule has 4 heteroatoms. The van der Waals surface area contributed by atoms with Crippen LogP contribution in [0.4, 0.5) is 5.69 Å². The van der Waals surface area contributed by atoms with Crippen LogP contribution in [0.25, 0.3) is 6.08 Å². The van der Waals surface area contributed by atoms with E-state index in [9.17, 15) is 4.79 Å². The van der Waals surface area contributed by atoms with Crippen molar-refractivity contribution in [3.05, 3.63) is 60.2 Å². The van der Waals surface area contributed by atoms with Crippen LogP contribution in [-0.2, 0) is 9.53 Å². The standard InChI is InChI=1S/C17H17NO3/c1-20-17(19)4-2-3-13-5-9-15(10-6-13)21-16-11-7-14(18)8-12-16/h2-3,5-12H,4,18H2,1H3. The normalized spacial score (nSPS) is 10.5. The lowest BCUT2D eigenvalue weighted by atomic mass is 10.2. The molecular weight excluding hydrogens is 266 g/mol. The van der Waals surface area contributed by atoms with Gasteiger partial charge in [0.15, 0.2) is 0 Å². The maximum atomic E-state index is 11.0. The summed E-state index contributed by atoms with van der Waals surface area (Å²) < 4.78 is 10.3. The van der Waals surface area contributed by atoms with E-state index in [4.69, 9.17) is 10.5 Å². The Kier molecular flexibility index (Phi) is 4.99. The molecular formula is C17H17NO3. The summed E-state index contributed by atoms with van der Waals surface area (Å²) in [6.07, 6.45) is 3.89. The lowest BCUT2D eigenvalue weighted by Gasteiger charge is -2.06. The van der Waals surface area contributed by atoms with Crippen molar-refractivity contribution >= 4 is 17.7 Å². The van der Waals surface area contributed by atoms with Crippen LogP contribution >= 0.6 is 0 Å². The summed E-state index contributed by atoms with van der Waals surface area (Å²) in [7, 11) is 1.37. The second-order valence-corrected chi connectivity index (χ2v) is 4.42. The van der Waals surface area contributed by atoms with Crippen LogP contribution in [0, 0.1) is 0 Å². The van der Waals surface area contributed by atoms with Crippen LogP contribution < -0.4 is 10.5 Å². The minimum atomic E-state index is -0.255. The van der Waals surface area contributed by atoms with E-state index in [2.05, 4.69) is 4.74 Å². The van der Waals surface area contributed by atoms with Crippen molar-refractivity contribution < 1.29 is 14.3 Å². The van der Waals surface area contributed by atoms with Gasteiger partial charge in [-0.05, 0) is 42.0 Å². The summed E-state index contributed by atoms with van der Waals surface area (Å²) in [5, 5.41) is 0. The molecule has 0 spiro atoms. The Morgan fingerprint density at radius 3 is 2.19 bits per heavy atom. The van der Waals surface area contributed by atoms with E-state index in [1.54, 1.807) is 18.2 Å². The number of carbonyl (C=O) groups is 1. The highest BCUT2D eigenvalue weighted by Gasteiger charge is 1.98. The number of esters is 1. The van der Waals surface area contributed by atoms with E-state index in [0.29, 0.717) is 5.69 Å². The predicted octanol–water partition coefficient (Wildman–Crippen LogP) is 3.64. The summed E-state index contributed by atoms with van der Waals surface area (Å²) in [6.45, 7) is 0. The molecule has 108 valence electrons. The molecule has 0 aromatic heterocycles. The third-order valence-electron chi connectivity index (χ3n) is 2.82. The molecule has 0 heterocycles. The summed E-state index contributed by atoms with van der Waals surface area (Å²) in [5.41, 5.74) is 7.31. The number of nitrogen functional groups attached to an aromatic ring is 1. The van der Waals surface area contributed by atoms with Gasteiger partial charge in [0.25, 0.3) is 0 Å². The average Bonchev–Trinajstić information content (AvgIpc) is 2.51. The summed E-state index contributed by atoms with van der Waals surface area (Å²) >= 11 is 0. The zero-order valence-electron chi connectivity index (χ0n) is 11.8. The molecule has 2 aromatic carbocycles. The average molecular weight is 283 g/mol. The maximum absolute atomic E-state index is 11.0. The van der Waals surface area contributed by atoms with E-state index in [0.717, 1.165) is 17.1 Å². The highest BCUT2D eigenvalue weighted by molar-refractivity contribution is 5.72. The van der Waals surface area contributed by atoms with Gasteiger partial charge in [-0.25, -0.2) is 0 Å². The van der Waals surface area contributed by atoms with Gasteiger partial charge in [-0.1, -0.05) is 24.3 Å². The molecule has 0 unspecified atom stereocenters. The molecule has 0 aliphatic heterocycles. The lowest BCUT2D eigenvalue weighted by Crippen LogP contribution is -1.96. The molecule has 0 saturated carbocycles. The number of anilines is 1. The van der Waals surface area contributed by atoms with Gasteiger partial charge in [0.2, 0.25) is 0 Å². The SMILES string of the molecule is COC(=O)CC=Cc1ccc(Oc2ccc(N)cc2)cc1. The van der Waals surface area contributed by atoms with Crippen molar-refractivity contribution in [2.24, 2.45) is 0 Å². The number of rotatable bonds is 5. The molecule has 0 amide bonds. The maximum Gasteiger partial charge on any atom is 0.309 e. The van der Waals surface area contributed by atoms with E-state index in [1.807, 2.05) is 42.5 Å². The van der Waals surface area contributed by atoms with Gasteiger partial charge in [0, 0.05) is 5.69 Å². The van der Waals surface area contributed by atoms with Crippen LogP contribution in [0.3, 0.4) is 0 Å². The number of hydrogen-bond acceptors (Lipinski definition) is 4. The minimum Gasteiger partial charge on any atom is -0.469 e. The zero-order valence-corrected chi connectivity index (χ0v) is 11.8. The first-order valence-electron chi connectivity index (χ1n) is 6.54. The van der Waals surface area contributed by atoms with E-state index in [-0.39, 0.29) is 12.4 Å². The smallest absolute Gasteiger partial charge is 0.309 e. The fourth-order valence-corrected chi connectivity index (χ4v) is 1.69. The number of benzene rings is 2. The molecule has 21 heavy (non-hydrogen) atoms. The molecule has 0 aliphatic carbocycles. The third kappa shape index (κ3) is 4.69. The van der Waals surface area contributed by atoms with E-state index < -0.39 is 0 Å². The van der Waals surface area contributed by atoms with Crippen molar-refractivity contribution in [1.29, 1.82) is 0 Å². The van der Waals surface area contributed by atoms with Crippen molar-refractivity contribution in [1.82, 2.24) is 0 Å². The molecule has 0 saturated heterocycles. The van der Waals surface area contributed by atoms with Crippen LogP contribution in [0.15, 0.2) is 54.6 Å². The summed E-state index contributed by atoms with van der Waals surface area (Å²) in [5.74, 6) is 1.22. The Bertz CT molecular complexity index is 615. The molecule has 0 aliphatic rings. The monoisotopic (exact) mass is 283 g/mol. The fourth-order valence-electron chi connectivity index (χ4n) is 1.69. The molecule has 4 nitrogen and oxygen atoms in total. The van der Waals surface area contributed by atoms with E-state index >= 15 is 0 Å². The molecule has 2 aromatic rings. The molecule has 0 bridgehead atoms. The van der Waals surface area contributed by atoms with Crippen LogP contribution in [0.1, 0.15) is 12.0 Å². The van der Waals surface area contributed by atoms with Crippen molar-refractivity contribution in [3.8, 4) is 11.5 Å². The summed E-state index contributed by atoms with van der Waals surface area (Å²) in [4.78, 5) is 11.0. The number of hydrogen-bond donors (Lipinski definition) is 1. The van der Waals surface area contributed by atoms with Gasteiger partial charge in [-0.15, -0.1) is 0 Å². The van der Waals surface area contributed by atoms with Crippen molar-refractivity contribution in [2.45, 2.75) is 6.42 Å². The van der Waals surface area contributed by atoms with Gasteiger partial charge in [0.1, 0.15) is 11.5 Å². The van der Waals surface area contributed by atoms with Gasteiger partial charge in [0.05, 0.1) is 13.5 Å². The zero-order chi connectivity index (χ0) is 15.1. The minimum absolute atomic E-state index is 0.255. The molecule has 2 rings (SSSR count). The van der Waals surface area contributed by atoms with Gasteiger partial charge in [-0.3, -0.25) is 4.79 Å². The molecule has 2 N–H and O–H groups in total. The van der Waals surface area contributed by atoms with Crippen LogP contribution in [0.5, 0.6) is 11.5 Å². The summed E-state index contributed by atoms with van der Waals surface area (Å²) in [6, 6.07) is 14.8. The Labute approximate surface area is 123 Å². The van der Waals surface area contributed by atoms with E-state index in [1.165, 1.54) is 7.11 Å². The van der Waals surface area contributed by atoms with Crippen LogP contribution in [-0.4, -0.2) is 13.1 Å². The topological polar surface area (TPSA) is 61.5 Å². The van der Waals surface area contributed by atoms with Crippen molar-refractivity contribution in [2.75, 3.05) is 12.8 Å². The first-order valence-corrected chi connectivity index (χ1v) is 6.54. The third-order valence-corrected chi connectivity index (χ3v) is 2.82. The number of methoxy groups -OCH3 is 1. The predicted molar refractivity (Wildman–Crippen MR) is 83.0 cm³/mol. The Balaban J connectivity index is 1.95. The van der Waals surface area contributed by atoms with Crippen molar-refractivity contribution in [3.63, 3.8) is 0 Å². The molecule has 0 radical (unpaired) electrons. The first-order chi connectivity index (χ1) is 10.2. The number of nitrogens with two attached hydrogens (primary N) is 1. The highest BCUT2D eigenvalue weighted by Crippen LogP contribution is 2.22. The van der Waals surface area contributed by atoms with Crippen LogP contribution in [0.2, 0.25) is 0 Å². The lowest BCUT2D eigenvalue weighted by molar-refractivity contribution is -0.139. The highest BCUT2D eigenvalue weighted by atomic mass is 16.5.